The first kappa shape index (κ1) is 14.8. The van der Waals surface area contributed by atoms with Crippen molar-refractivity contribution in [3.8, 4) is 5.75 Å². The van der Waals surface area contributed by atoms with Gasteiger partial charge in [0, 0.05) is 18.4 Å². The van der Waals surface area contributed by atoms with E-state index in [2.05, 4.69) is 4.98 Å². The van der Waals surface area contributed by atoms with Crippen molar-refractivity contribution in [2.45, 2.75) is 25.8 Å². The van der Waals surface area contributed by atoms with Gasteiger partial charge in [-0.05, 0) is 55.2 Å². The summed E-state index contributed by atoms with van der Waals surface area (Å²) in [7, 11) is 0. The Balaban J connectivity index is 1.82. The molecule has 2 aromatic rings. The smallest absolute Gasteiger partial charge is 0.137 e. The molecule has 1 atom stereocenters. The predicted octanol–water partition coefficient (Wildman–Crippen LogP) is 3.77. The number of nitrogens with zero attached hydrogens (tertiary/aromatic N) is 1. The molecule has 0 saturated carbocycles. The molecule has 4 heteroatoms. The molecule has 0 aliphatic heterocycles. The number of pyridine rings is 1. The molecule has 1 heterocycles. The van der Waals surface area contributed by atoms with Crippen molar-refractivity contribution < 1.29 is 4.74 Å². The Morgan fingerprint density at radius 1 is 1.25 bits per heavy atom. The second-order valence-corrected chi connectivity index (χ2v) is 5.19. The standard InChI is InChI=1S/C16H19ClN2O/c1-12(18)14-4-5-16(15(17)11-14)20-10-2-3-13-6-8-19-9-7-13/h4-9,11-12H,2-3,10,18H2,1H3/t12-/m0/s1. The predicted molar refractivity (Wildman–Crippen MR) is 82.1 cm³/mol. The number of halogens is 1. The van der Waals surface area contributed by atoms with Crippen LogP contribution in [0.1, 0.15) is 30.5 Å². The number of nitrogens with two attached hydrogens (primary N) is 1. The van der Waals surface area contributed by atoms with Gasteiger partial charge in [-0.3, -0.25) is 4.98 Å². The summed E-state index contributed by atoms with van der Waals surface area (Å²) >= 11 is 6.18. The van der Waals surface area contributed by atoms with E-state index in [0.29, 0.717) is 17.4 Å². The van der Waals surface area contributed by atoms with E-state index < -0.39 is 0 Å². The average molecular weight is 291 g/mol. The maximum atomic E-state index is 6.18. The van der Waals surface area contributed by atoms with E-state index in [0.717, 1.165) is 18.4 Å². The molecule has 1 aromatic carbocycles. The third-order valence-corrected chi connectivity index (χ3v) is 3.39. The summed E-state index contributed by atoms with van der Waals surface area (Å²) in [5.41, 5.74) is 8.09. The van der Waals surface area contributed by atoms with Crippen LogP contribution < -0.4 is 10.5 Å². The van der Waals surface area contributed by atoms with E-state index in [-0.39, 0.29) is 6.04 Å². The highest BCUT2D eigenvalue weighted by Crippen LogP contribution is 2.27. The van der Waals surface area contributed by atoms with Crippen molar-refractivity contribution in [1.82, 2.24) is 4.98 Å². The number of aromatic nitrogens is 1. The van der Waals surface area contributed by atoms with E-state index in [1.165, 1.54) is 5.56 Å². The Morgan fingerprint density at radius 2 is 2.00 bits per heavy atom. The molecular weight excluding hydrogens is 272 g/mol. The first-order chi connectivity index (χ1) is 9.66. The summed E-state index contributed by atoms with van der Waals surface area (Å²) in [5.74, 6) is 0.714. The minimum Gasteiger partial charge on any atom is -0.492 e. The molecule has 0 bridgehead atoms. The van der Waals surface area contributed by atoms with Crippen LogP contribution in [0.15, 0.2) is 42.7 Å². The molecule has 0 spiro atoms. The fourth-order valence-corrected chi connectivity index (χ4v) is 2.17. The van der Waals surface area contributed by atoms with Gasteiger partial charge in [0.25, 0.3) is 0 Å². The van der Waals surface area contributed by atoms with Crippen molar-refractivity contribution in [2.24, 2.45) is 5.73 Å². The van der Waals surface area contributed by atoms with Crippen molar-refractivity contribution in [1.29, 1.82) is 0 Å². The van der Waals surface area contributed by atoms with E-state index in [1.807, 2.05) is 37.3 Å². The first-order valence-electron chi connectivity index (χ1n) is 6.73. The van der Waals surface area contributed by atoms with Gasteiger partial charge in [0.05, 0.1) is 11.6 Å². The van der Waals surface area contributed by atoms with E-state index in [9.17, 15) is 0 Å². The van der Waals surface area contributed by atoms with Gasteiger partial charge < -0.3 is 10.5 Å². The monoisotopic (exact) mass is 290 g/mol. The molecule has 20 heavy (non-hydrogen) atoms. The van der Waals surface area contributed by atoms with Crippen molar-refractivity contribution in [3.63, 3.8) is 0 Å². The minimum absolute atomic E-state index is 0.0201. The Hall–Kier alpha value is -1.58. The topological polar surface area (TPSA) is 48.1 Å². The number of benzene rings is 1. The van der Waals surface area contributed by atoms with Gasteiger partial charge in [-0.1, -0.05) is 17.7 Å². The number of hydrogen-bond donors (Lipinski definition) is 1. The maximum Gasteiger partial charge on any atom is 0.137 e. The molecule has 0 aliphatic rings. The van der Waals surface area contributed by atoms with Gasteiger partial charge in [-0.2, -0.15) is 0 Å². The average Bonchev–Trinajstić information content (AvgIpc) is 2.46. The lowest BCUT2D eigenvalue weighted by molar-refractivity contribution is 0.311. The third kappa shape index (κ3) is 4.22. The van der Waals surface area contributed by atoms with Crippen LogP contribution in [-0.2, 0) is 6.42 Å². The van der Waals surface area contributed by atoms with Crippen molar-refractivity contribution in [2.75, 3.05) is 6.61 Å². The van der Waals surface area contributed by atoms with Gasteiger partial charge in [-0.25, -0.2) is 0 Å². The highest BCUT2D eigenvalue weighted by Gasteiger charge is 2.05. The van der Waals surface area contributed by atoms with Crippen molar-refractivity contribution >= 4 is 11.6 Å². The summed E-state index contributed by atoms with van der Waals surface area (Å²) in [6.45, 7) is 2.57. The number of hydrogen-bond acceptors (Lipinski definition) is 3. The molecule has 0 radical (unpaired) electrons. The fourth-order valence-electron chi connectivity index (χ4n) is 1.93. The van der Waals surface area contributed by atoms with Gasteiger partial charge in [0.2, 0.25) is 0 Å². The van der Waals surface area contributed by atoms with Crippen LogP contribution >= 0.6 is 11.6 Å². The van der Waals surface area contributed by atoms with Crippen molar-refractivity contribution in [3.05, 3.63) is 58.9 Å². The molecule has 0 amide bonds. The largest absolute Gasteiger partial charge is 0.492 e. The summed E-state index contributed by atoms with van der Waals surface area (Å²) in [6.07, 6.45) is 5.52. The number of rotatable bonds is 6. The summed E-state index contributed by atoms with van der Waals surface area (Å²) in [6, 6.07) is 9.72. The quantitative estimate of drug-likeness (QED) is 0.824. The lowest BCUT2D eigenvalue weighted by Crippen LogP contribution is -2.05. The molecule has 0 saturated heterocycles. The maximum absolute atomic E-state index is 6.18. The zero-order valence-electron chi connectivity index (χ0n) is 11.6. The van der Waals surface area contributed by atoms with Gasteiger partial charge in [-0.15, -0.1) is 0 Å². The second kappa shape index (κ2) is 7.27. The second-order valence-electron chi connectivity index (χ2n) is 4.79. The molecule has 2 rings (SSSR count). The van der Waals surface area contributed by atoms with E-state index in [1.54, 1.807) is 12.4 Å². The van der Waals surface area contributed by atoms with Crippen LogP contribution in [0.25, 0.3) is 0 Å². The molecule has 3 nitrogen and oxygen atoms in total. The lowest BCUT2D eigenvalue weighted by Gasteiger charge is -2.11. The zero-order chi connectivity index (χ0) is 14.4. The first-order valence-corrected chi connectivity index (χ1v) is 7.11. The highest BCUT2D eigenvalue weighted by atomic mass is 35.5. The Kier molecular flexibility index (Phi) is 5.39. The van der Waals surface area contributed by atoms with E-state index >= 15 is 0 Å². The molecular formula is C16H19ClN2O. The van der Waals surface area contributed by atoms with Gasteiger partial charge >= 0.3 is 0 Å². The van der Waals surface area contributed by atoms with Crippen LogP contribution in [0.5, 0.6) is 5.75 Å². The Bertz CT molecular complexity index is 543. The van der Waals surface area contributed by atoms with Crippen LogP contribution in [0, 0.1) is 0 Å². The molecule has 0 unspecified atom stereocenters. The normalized spacial score (nSPS) is 12.2. The van der Waals surface area contributed by atoms with Gasteiger partial charge in [0.1, 0.15) is 5.75 Å². The van der Waals surface area contributed by atoms with Gasteiger partial charge in [0.15, 0.2) is 0 Å². The Morgan fingerprint density at radius 3 is 2.65 bits per heavy atom. The summed E-state index contributed by atoms with van der Waals surface area (Å²) in [4.78, 5) is 4.00. The molecule has 0 aliphatic carbocycles. The van der Waals surface area contributed by atoms with Crippen LogP contribution in [0.4, 0.5) is 0 Å². The molecule has 0 fully saturated rings. The van der Waals surface area contributed by atoms with Crippen LogP contribution in [-0.4, -0.2) is 11.6 Å². The SMILES string of the molecule is C[C@H](N)c1ccc(OCCCc2ccncc2)c(Cl)c1. The Labute approximate surface area is 124 Å². The molecule has 1 aromatic heterocycles. The summed E-state index contributed by atoms with van der Waals surface area (Å²) in [5, 5.41) is 0.615. The lowest BCUT2D eigenvalue weighted by atomic mass is 10.1. The summed E-state index contributed by atoms with van der Waals surface area (Å²) < 4.78 is 5.70. The minimum atomic E-state index is -0.0201. The zero-order valence-corrected chi connectivity index (χ0v) is 12.3. The fraction of sp³-hybridized carbons (Fsp3) is 0.312. The van der Waals surface area contributed by atoms with Crippen LogP contribution in [0.2, 0.25) is 5.02 Å². The molecule has 2 N–H and O–H groups in total. The highest BCUT2D eigenvalue weighted by molar-refractivity contribution is 6.32. The number of aryl methyl sites for hydroxylation is 1. The van der Waals surface area contributed by atoms with E-state index in [4.69, 9.17) is 22.1 Å². The third-order valence-electron chi connectivity index (χ3n) is 3.10. The number of ether oxygens (including phenoxy) is 1. The molecule has 106 valence electrons. The van der Waals surface area contributed by atoms with Crippen LogP contribution in [0.3, 0.4) is 0 Å².